The second-order valence-corrected chi connectivity index (χ2v) is 10.2. The minimum atomic E-state index is -0.684. The number of nitrogens with one attached hydrogen (secondary N) is 2. The molecule has 2 aliphatic rings. The maximum absolute atomic E-state index is 13.3. The van der Waals surface area contributed by atoms with E-state index in [9.17, 15) is 14.4 Å². The van der Waals surface area contributed by atoms with E-state index in [1.165, 1.54) is 6.20 Å². The van der Waals surface area contributed by atoms with Crippen molar-refractivity contribution in [3.63, 3.8) is 0 Å². The monoisotopic (exact) mass is 464 g/mol. The topological polar surface area (TPSA) is 101 Å². The van der Waals surface area contributed by atoms with Crippen LogP contribution < -0.4 is 10.6 Å². The van der Waals surface area contributed by atoms with Crippen LogP contribution in [-0.4, -0.2) is 39.9 Å². The highest BCUT2D eigenvalue weighted by Crippen LogP contribution is 2.47. The lowest BCUT2D eigenvalue weighted by Crippen LogP contribution is -2.47. The number of benzene rings is 1. The lowest BCUT2D eigenvalue weighted by molar-refractivity contribution is -0.147. The number of aryl methyl sites for hydroxylation is 1. The van der Waals surface area contributed by atoms with Crippen LogP contribution in [0.15, 0.2) is 42.6 Å². The number of aromatic nitrogens is 1. The molecule has 2 aromatic rings. The van der Waals surface area contributed by atoms with E-state index in [4.69, 9.17) is 4.74 Å². The predicted molar refractivity (Wildman–Crippen MR) is 129 cm³/mol. The molecule has 2 fully saturated rings. The SMILES string of the molecule is Cc1cc(NC(=O)C(=O)N2C[C@@H]3CC[C@@H](C3)[C@@H]2c2ccccc2)cnc1NC(=O)OC(C)(C)C. The highest BCUT2D eigenvalue weighted by molar-refractivity contribution is 6.39. The van der Waals surface area contributed by atoms with Gasteiger partial charge in [0, 0.05) is 6.54 Å². The highest BCUT2D eigenvalue weighted by Gasteiger charge is 2.44. The minimum Gasteiger partial charge on any atom is -0.444 e. The Morgan fingerprint density at radius 1 is 1.09 bits per heavy atom. The fourth-order valence-electron chi connectivity index (χ4n) is 5.01. The van der Waals surface area contributed by atoms with Crippen LogP contribution in [0.4, 0.5) is 16.3 Å². The zero-order valence-corrected chi connectivity index (χ0v) is 20.1. The van der Waals surface area contributed by atoms with Crippen LogP contribution >= 0.6 is 0 Å². The molecule has 2 heterocycles. The Kier molecular flexibility index (Phi) is 6.59. The zero-order valence-electron chi connectivity index (χ0n) is 20.1. The molecule has 8 heteroatoms. The second kappa shape index (κ2) is 9.44. The quantitative estimate of drug-likeness (QED) is 0.643. The molecule has 0 spiro atoms. The van der Waals surface area contributed by atoms with E-state index in [-0.39, 0.29) is 6.04 Å². The largest absolute Gasteiger partial charge is 0.444 e. The van der Waals surface area contributed by atoms with Gasteiger partial charge in [0.1, 0.15) is 11.4 Å². The normalized spacial score (nSPS) is 21.6. The Morgan fingerprint density at radius 2 is 1.82 bits per heavy atom. The van der Waals surface area contributed by atoms with Gasteiger partial charge < -0.3 is 15.0 Å². The molecule has 1 aliphatic heterocycles. The first-order chi connectivity index (χ1) is 16.1. The lowest BCUT2D eigenvalue weighted by Gasteiger charge is -2.40. The van der Waals surface area contributed by atoms with Crippen LogP contribution in [0, 0.1) is 18.8 Å². The summed E-state index contributed by atoms with van der Waals surface area (Å²) < 4.78 is 5.25. The maximum atomic E-state index is 13.3. The molecule has 8 nitrogen and oxygen atoms in total. The Bertz CT molecular complexity index is 1080. The van der Waals surface area contributed by atoms with E-state index < -0.39 is 23.5 Å². The van der Waals surface area contributed by atoms with Crippen molar-refractivity contribution in [2.75, 3.05) is 17.2 Å². The van der Waals surface area contributed by atoms with E-state index in [1.807, 2.05) is 30.3 Å². The Morgan fingerprint density at radius 3 is 2.50 bits per heavy atom. The van der Waals surface area contributed by atoms with Crippen molar-refractivity contribution in [3.05, 3.63) is 53.7 Å². The summed E-state index contributed by atoms with van der Waals surface area (Å²) in [5, 5.41) is 5.29. The smallest absolute Gasteiger partial charge is 0.413 e. The Balaban J connectivity index is 1.45. The molecule has 180 valence electrons. The van der Waals surface area contributed by atoms with Crippen LogP contribution in [0.3, 0.4) is 0 Å². The molecule has 34 heavy (non-hydrogen) atoms. The number of hydrogen-bond donors (Lipinski definition) is 2. The van der Waals surface area contributed by atoms with Gasteiger partial charge in [0.25, 0.3) is 0 Å². The van der Waals surface area contributed by atoms with Gasteiger partial charge in [-0.3, -0.25) is 14.9 Å². The van der Waals surface area contributed by atoms with Crippen molar-refractivity contribution in [2.45, 2.75) is 58.6 Å². The third kappa shape index (κ3) is 5.38. The predicted octanol–water partition coefficient (Wildman–Crippen LogP) is 4.68. The van der Waals surface area contributed by atoms with Gasteiger partial charge in [0.05, 0.1) is 17.9 Å². The van der Waals surface area contributed by atoms with Crippen molar-refractivity contribution in [2.24, 2.45) is 11.8 Å². The molecule has 1 aliphatic carbocycles. The third-order valence-corrected chi connectivity index (χ3v) is 6.37. The van der Waals surface area contributed by atoms with Crippen LogP contribution in [0.1, 0.15) is 57.2 Å². The average molecular weight is 465 g/mol. The molecule has 1 saturated heterocycles. The van der Waals surface area contributed by atoms with E-state index in [0.717, 1.165) is 24.8 Å². The fraction of sp³-hybridized carbons (Fsp3) is 0.462. The molecule has 4 rings (SSSR count). The van der Waals surface area contributed by atoms with E-state index in [2.05, 4.69) is 15.6 Å². The summed E-state index contributed by atoms with van der Waals surface area (Å²) in [7, 11) is 0. The summed E-state index contributed by atoms with van der Waals surface area (Å²) in [4.78, 5) is 44.2. The maximum Gasteiger partial charge on any atom is 0.413 e. The molecule has 0 radical (unpaired) electrons. The molecule has 3 atom stereocenters. The Hall–Kier alpha value is -3.42. The van der Waals surface area contributed by atoms with Gasteiger partial charge in [-0.1, -0.05) is 30.3 Å². The van der Waals surface area contributed by atoms with Gasteiger partial charge in [-0.05, 0) is 76.0 Å². The van der Waals surface area contributed by atoms with E-state index >= 15 is 0 Å². The molecular weight excluding hydrogens is 432 g/mol. The molecule has 2 N–H and O–H groups in total. The van der Waals surface area contributed by atoms with Crippen molar-refractivity contribution in [1.82, 2.24) is 9.88 Å². The van der Waals surface area contributed by atoms with Crippen molar-refractivity contribution in [3.8, 4) is 0 Å². The lowest BCUT2D eigenvalue weighted by atomic mass is 9.86. The second-order valence-electron chi connectivity index (χ2n) is 10.2. The third-order valence-electron chi connectivity index (χ3n) is 6.37. The Labute approximate surface area is 200 Å². The number of carbonyl (C=O) groups is 3. The number of nitrogens with zero attached hydrogens (tertiary/aromatic N) is 2. The molecule has 3 amide bonds. The molecular formula is C26H32N4O4. The fourth-order valence-corrected chi connectivity index (χ4v) is 5.01. The first kappa shape index (κ1) is 23.7. The molecule has 2 bridgehead atoms. The number of amides is 3. The van der Waals surface area contributed by atoms with Crippen LogP contribution in [0.2, 0.25) is 0 Å². The zero-order chi connectivity index (χ0) is 24.5. The van der Waals surface area contributed by atoms with Crippen LogP contribution in [0.5, 0.6) is 0 Å². The highest BCUT2D eigenvalue weighted by atomic mass is 16.6. The molecule has 1 aromatic heterocycles. The summed E-state index contributed by atoms with van der Waals surface area (Å²) in [6.45, 7) is 7.68. The number of fused-ring (bicyclic) bond motifs is 2. The molecule has 1 aromatic carbocycles. The van der Waals surface area contributed by atoms with Gasteiger partial charge in [0.2, 0.25) is 0 Å². The standard InChI is InChI=1S/C26H32N4O4/c1-16-12-20(14-27-22(16)29-25(33)34-26(2,3)4)28-23(31)24(32)30-15-17-10-11-19(13-17)21(30)18-8-6-5-7-9-18/h5-9,12,14,17,19,21H,10-11,13,15H2,1-4H3,(H,28,31)(H,27,29,33)/t17-,19+,21+/m1/s1. The van der Waals surface area contributed by atoms with Gasteiger partial charge >= 0.3 is 17.9 Å². The summed E-state index contributed by atoms with van der Waals surface area (Å²) in [5.74, 6) is -0.0606. The number of anilines is 2. The molecule has 1 saturated carbocycles. The summed E-state index contributed by atoms with van der Waals surface area (Å²) in [6.07, 6.45) is 4.07. The first-order valence-corrected chi connectivity index (χ1v) is 11.7. The van der Waals surface area contributed by atoms with Gasteiger partial charge in [0.15, 0.2) is 0 Å². The van der Waals surface area contributed by atoms with Gasteiger partial charge in [-0.25, -0.2) is 9.78 Å². The van der Waals surface area contributed by atoms with Crippen LogP contribution in [0.25, 0.3) is 0 Å². The number of pyridine rings is 1. The first-order valence-electron chi connectivity index (χ1n) is 11.7. The number of hydrogen-bond acceptors (Lipinski definition) is 5. The summed E-state index contributed by atoms with van der Waals surface area (Å²) in [6, 6.07) is 11.6. The van der Waals surface area contributed by atoms with E-state index in [1.54, 1.807) is 38.7 Å². The van der Waals surface area contributed by atoms with Crippen molar-refractivity contribution in [1.29, 1.82) is 0 Å². The number of ether oxygens (including phenoxy) is 1. The van der Waals surface area contributed by atoms with Crippen molar-refractivity contribution < 1.29 is 19.1 Å². The number of likely N-dealkylation sites (tertiary alicyclic amines) is 1. The number of rotatable bonds is 3. The van der Waals surface area contributed by atoms with E-state index in [0.29, 0.717) is 35.4 Å². The molecule has 0 unspecified atom stereocenters. The number of piperidine rings is 1. The van der Waals surface area contributed by atoms with Gasteiger partial charge in [-0.15, -0.1) is 0 Å². The van der Waals surface area contributed by atoms with Crippen molar-refractivity contribution >= 4 is 29.4 Å². The average Bonchev–Trinajstić information content (AvgIpc) is 3.15. The van der Waals surface area contributed by atoms with Crippen LogP contribution in [-0.2, 0) is 14.3 Å². The summed E-state index contributed by atoms with van der Waals surface area (Å²) >= 11 is 0. The van der Waals surface area contributed by atoms with Gasteiger partial charge in [-0.2, -0.15) is 0 Å². The number of carbonyl (C=O) groups excluding carboxylic acids is 3. The minimum absolute atomic E-state index is 0.0848. The summed E-state index contributed by atoms with van der Waals surface area (Å²) in [5.41, 5.74) is 1.47.